The van der Waals surface area contributed by atoms with Gasteiger partial charge < -0.3 is 0 Å². The molecule has 6 heteroatoms. The molecule has 0 fully saturated rings. The highest BCUT2D eigenvalue weighted by molar-refractivity contribution is 6.35. The summed E-state index contributed by atoms with van der Waals surface area (Å²) >= 11 is 11.9. The fourth-order valence-corrected chi connectivity index (χ4v) is 2.02. The second-order valence-electron chi connectivity index (χ2n) is 3.90. The number of pyridine rings is 1. The summed E-state index contributed by atoms with van der Waals surface area (Å²) < 4.78 is 0. The Morgan fingerprint density at radius 1 is 1.15 bits per heavy atom. The van der Waals surface area contributed by atoms with Crippen LogP contribution >= 0.6 is 23.2 Å². The predicted molar refractivity (Wildman–Crippen MR) is 80.3 cm³/mol. The molecule has 0 atom stereocenters. The summed E-state index contributed by atoms with van der Waals surface area (Å²) in [5, 5.41) is 0.978. The van der Waals surface area contributed by atoms with Crippen LogP contribution in [0.3, 0.4) is 0 Å². The van der Waals surface area contributed by atoms with Crippen LogP contribution in [-0.2, 0) is 0 Å². The van der Waals surface area contributed by atoms with Crippen LogP contribution < -0.4 is 10.9 Å². The topological polar surface area (TPSA) is 54.0 Å². The number of carbonyl (C=O) groups excluding carboxylic acids is 1. The van der Waals surface area contributed by atoms with Gasteiger partial charge in [0.2, 0.25) is 0 Å². The molecule has 0 radical (unpaired) electrons. The Morgan fingerprint density at radius 3 is 2.60 bits per heavy atom. The van der Waals surface area contributed by atoms with Crippen molar-refractivity contribution in [3.05, 3.63) is 70.5 Å². The first-order valence-corrected chi connectivity index (χ1v) is 6.45. The molecule has 102 valence electrons. The molecule has 2 aromatic rings. The van der Waals surface area contributed by atoms with Crippen molar-refractivity contribution in [1.29, 1.82) is 0 Å². The van der Waals surface area contributed by atoms with E-state index in [0.29, 0.717) is 27.0 Å². The van der Waals surface area contributed by atoms with Gasteiger partial charge in [0, 0.05) is 16.8 Å². The molecular weight excluding hydrogens is 297 g/mol. The second-order valence-corrected chi connectivity index (χ2v) is 4.74. The molecule has 0 unspecified atom stereocenters. The Bertz CT molecular complexity index is 644. The van der Waals surface area contributed by atoms with Gasteiger partial charge in [0.05, 0.1) is 10.7 Å². The van der Waals surface area contributed by atoms with Crippen LogP contribution in [0.4, 0.5) is 0 Å². The third-order valence-corrected chi connectivity index (χ3v) is 3.03. The fourth-order valence-electron chi connectivity index (χ4n) is 1.49. The third kappa shape index (κ3) is 3.50. The molecule has 0 saturated heterocycles. The highest BCUT2D eigenvalue weighted by Gasteiger charge is 2.08. The summed E-state index contributed by atoms with van der Waals surface area (Å²) in [6.07, 6.45) is 1.54. The normalized spacial score (nSPS) is 9.90. The molecule has 1 aromatic heterocycles. The van der Waals surface area contributed by atoms with Gasteiger partial charge in [0.25, 0.3) is 5.91 Å². The summed E-state index contributed by atoms with van der Waals surface area (Å²) in [7, 11) is 0. The SMILES string of the molecule is C=C(NNC(=O)c1ccccn1)c1ccc(Cl)cc1Cl. The molecule has 20 heavy (non-hydrogen) atoms. The van der Waals surface area contributed by atoms with Gasteiger partial charge in [-0.05, 0) is 30.3 Å². The Morgan fingerprint density at radius 2 is 1.95 bits per heavy atom. The number of amides is 1. The summed E-state index contributed by atoms with van der Waals surface area (Å²) in [5.41, 5.74) is 6.60. The van der Waals surface area contributed by atoms with Crippen LogP contribution in [0.5, 0.6) is 0 Å². The summed E-state index contributed by atoms with van der Waals surface area (Å²) in [4.78, 5) is 15.7. The van der Waals surface area contributed by atoms with Crippen LogP contribution in [-0.4, -0.2) is 10.9 Å². The van der Waals surface area contributed by atoms with Crippen molar-refractivity contribution in [2.45, 2.75) is 0 Å². The molecule has 2 N–H and O–H groups in total. The van der Waals surface area contributed by atoms with Crippen molar-refractivity contribution in [2.24, 2.45) is 0 Å². The maximum Gasteiger partial charge on any atom is 0.288 e. The molecule has 0 aliphatic rings. The number of hydrogen-bond acceptors (Lipinski definition) is 3. The number of hydrazine groups is 1. The Kier molecular flexibility index (Phi) is 4.61. The third-order valence-electron chi connectivity index (χ3n) is 2.48. The van der Waals surface area contributed by atoms with Crippen LogP contribution in [0.2, 0.25) is 10.0 Å². The molecule has 4 nitrogen and oxygen atoms in total. The summed E-state index contributed by atoms with van der Waals surface area (Å²) in [6, 6.07) is 10.1. The van der Waals surface area contributed by atoms with Crippen molar-refractivity contribution in [3.8, 4) is 0 Å². The van der Waals surface area contributed by atoms with Gasteiger partial charge in [-0.15, -0.1) is 0 Å². The van der Waals surface area contributed by atoms with E-state index in [9.17, 15) is 4.79 Å². The standard InChI is InChI=1S/C14H11Cl2N3O/c1-9(11-6-5-10(15)8-12(11)16)18-19-14(20)13-4-2-3-7-17-13/h2-8,18H,1H2,(H,19,20). The van der Waals surface area contributed by atoms with Crippen LogP contribution in [0.15, 0.2) is 49.2 Å². The molecule has 0 bridgehead atoms. The van der Waals surface area contributed by atoms with Gasteiger partial charge in [-0.1, -0.05) is 35.8 Å². The average Bonchev–Trinajstić information content (AvgIpc) is 2.45. The predicted octanol–water partition coefficient (Wildman–Crippen LogP) is 3.29. The zero-order chi connectivity index (χ0) is 14.5. The number of nitrogens with zero attached hydrogens (tertiary/aromatic N) is 1. The molecule has 1 heterocycles. The van der Waals surface area contributed by atoms with E-state index in [1.807, 2.05) is 0 Å². The maximum atomic E-state index is 11.8. The van der Waals surface area contributed by atoms with Crippen molar-refractivity contribution >= 4 is 34.8 Å². The summed E-state index contributed by atoms with van der Waals surface area (Å²) in [5.74, 6) is -0.364. The molecule has 2 rings (SSSR count). The van der Waals surface area contributed by atoms with E-state index in [-0.39, 0.29) is 5.91 Å². The fraction of sp³-hybridized carbons (Fsp3) is 0. The number of benzene rings is 1. The lowest BCUT2D eigenvalue weighted by atomic mass is 10.2. The van der Waals surface area contributed by atoms with Crippen LogP contribution in [0, 0.1) is 0 Å². The van der Waals surface area contributed by atoms with E-state index < -0.39 is 0 Å². The number of carbonyl (C=O) groups is 1. The van der Waals surface area contributed by atoms with Crippen molar-refractivity contribution in [2.75, 3.05) is 0 Å². The smallest absolute Gasteiger partial charge is 0.288 e. The van der Waals surface area contributed by atoms with Gasteiger partial charge in [0.1, 0.15) is 5.69 Å². The first kappa shape index (κ1) is 14.4. The number of nitrogens with one attached hydrogen (secondary N) is 2. The van der Waals surface area contributed by atoms with E-state index in [1.165, 1.54) is 0 Å². The zero-order valence-corrected chi connectivity index (χ0v) is 11.9. The molecule has 0 aliphatic heterocycles. The first-order chi connectivity index (χ1) is 9.58. The van der Waals surface area contributed by atoms with E-state index >= 15 is 0 Å². The monoisotopic (exact) mass is 307 g/mol. The molecular formula is C14H11Cl2N3O. The van der Waals surface area contributed by atoms with Gasteiger partial charge in [-0.2, -0.15) is 0 Å². The minimum absolute atomic E-state index is 0.301. The lowest BCUT2D eigenvalue weighted by Crippen LogP contribution is -2.36. The van der Waals surface area contributed by atoms with Gasteiger partial charge in [-0.25, -0.2) is 0 Å². The van der Waals surface area contributed by atoms with Crippen molar-refractivity contribution in [3.63, 3.8) is 0 Å². The van der Waals surface area contributed by atoms with Gasteiger partial charge >= 0.3 is 0 Å². The number of halogens is 2. The van der Waals surface area contributed by atoms with E-state index in [0.717, 1.165) is 0 Å². The van der Waals surface area contributed by atoms with E-state index in [4.69, 9.17) is 23.2 Å². The molecule has 0 saturated carbocycles. The largest absolute Gasteiger partial charge is 0.298 e. The van der Waals surface area contributed by atoms with E-state index in [2.05, 4.69) is 22.4 Å². The Labute approximate surface area is 126 Å². The minimum Gasteiger partial charge on any atom is -0.298 e. The first-order valence-electron chi connectivity index (χ1n) is 5.69. The molecule has 1 amide bonds. The minimum atomic E-state index is -0.364. The second kappa shape index (κ2) is 6.41. The number of hydrogen-bond donors (Lipinski definition) is 2. The maximum absolute atomic E-state index is 11.8. The number of aromatic nitrogens is 1. The van der Waals surface area contributed by atoms with Gasteiger partial charge in [0.15, 0.2) is 0 Å². The zero-order valence-electron chi connectivity index (χ0n) is 10.4. The lowest BCUT2D eigenvalue weighted by Gasteiger charge is -2.12. The molecule has 0 aliphatic carbocycles. The van der Waals surface area contributed by atoms with Crippen LogP contribution in [0.25, 0.3) is 5.70 Å². The Balaban J connectivity index is 2.00. The average molecular weight is 308 g/mol. The summed E-state index contributed by atoms with van der Waals surface area (Å²) in [6.45, 7) is 3.81. The van der Waals surface area contributed by atoms with Gasteiger partial charge in [-0.3, -0.25) is 20.6 Å². The molecule has 1 aromatic carbocycles. The highest BCUT2D eigenvalue weighted by Crippen LogP contribution is 2.24. The Hall–Kier alpha value is -2.04. The van der Waals surface area contributed by atoms with Crippen molar-refractivity contribution < 1.29 is 4.79 Å². The quantitative estimate of drug-likeness (QED) is 0.852. The van der Waals surface area contributed by atoms with Crippen molar-refractivity contribution in [1.82, 2.24) is 15.8 Å². The van der Waals surface area contributed by atoms with E-state index in [1.54, 1.807) is 42.6 Å². The number of rotatable bonds is 4. The highest BCUT2D eigenvalue weighted by atomic mass is 35.5. The lowest BCUT2D eigenvalue weighted by molar-refractivity contribution is 0.0937. The molecule has 0 spiro atoms. The van der Waals surface area contributed by atoms with Crippen LogP contribution in [0.1, 0.15) is 16.1 Å².